The highest BCUT2D eigenvalue weighted by molar-refractivity contribution is 5.41. The van der Waals surface area contributed by atoms with E-state index < -0.39 is 23.3 Å². The van der Waals surface area contributed by atoms with Crippen LogP contribution < -0.4 is 10.3 Å². The van der Waals surface area contributed by atoms with Gasteiger partial charge >= 0.3 is 0 Å². The Hall–Kier alpha value is -1.59. The number of aromatic amines is 1. The molecule has 1 aromatic rings. The number of hydrogen-bond acceptors (Lipinski definition) is 3. The molecule has 0 aliphatic rings. The Morgan fingerprint density at radius 2 is 2.23 bits per heavy atom. The number of alkyl halides is 2. The molecule has 0 radical (unpaired) electrons. The van der Waals surface area contributed by atoms with Crippen LogP contribution in [0.1, 0.15) is 12.0 Å². The molecule has 6 heteroatoms. The minimum absolute atomic E-state index is 0.243. The summed E-state index contributed by atoms with van der Waals surface area (Å²) in [6, 6.07) is 0. The fraction of sp³-hybridized carbons (Fsp3) is 0.286. The first-order valence-electron chi connectivity index (χ1n) is 3.34. The maximum absolute atomic E-state index is 12.3. The fourth-order valence-electron chi connectivity index (χ4n) is 0.896. The van der Waals surface area contributed by atoms with Crippen molar-refractivity contribution in [1.29, 1.82) is 0 Å². The van der Waals surface area contributed by atoms with Crippen molar-refractivity contribution in [2.24, 2.45) is 0 Å². The Kier molecular flexibility index (Phi) is 2.50. The molecule has 0 saturated heterocycles. The van der Waals surface area contributed by atoms with Crippen molar-refractivity contribution in [3.05, 3.63) is 22.1 Å². The summed E-state index contributed by atoms with van der Waals surface area (Å²) in [6.45, 7) is 0. The van der Waals surface area contributed by atoms with E-state index in [1.165, 1.54) is 7.11 Å². The van der Waals surface area contributed by atoms with Crippen molar-refractivity contribution >= 4 is 0 Å². The molecule has 72 valence electrons. The molecule has 0 aliphatic heterocycles. The van der Waals surface area contributed by atoms with E-state index in [0.717, 1.165) is 6.20 Å². The monoisotopic (exact) mass is 191 g/mol. The van der Waals surface area contributed by atoms with Gasteiger partial charge in [0, 0.05) is 6.20 Å². The highest BCUT2D eigenvalue weighted by Gasteiger charge is 2.21. The normalized spacial score (nSPS) is 10.5. The minimum atomic E-state index is -2.95. The Morgan fingerprint density at radius 3 is 2.69 bits per heavy atom. The molecule has 0 bridgehead atoms. The summed E-state index contributed by atoms with van der Waals surface area (Å²) in [7, 11) is 1.17. The van der Waals surface area contributed by atoms with E-state index in [1.807, 2.05) is 0 Å². The van der Waals surface area contributed by atoms with Crippen molar-refractivity contribution in [2.75, 3.05) is 7.11 Å². The van der Waals surface area contributed by atoms with Gasteiger partial charge in [-0.15, -0.1) is 0 Å². The van der Waals surface area contributed by atoms with Crippen LogP contribution in [0, 0.1) is 0 Å². The maximum Gasteiger partial charge on any atom is 0.290 e. The number of ether oxygens (including phenoxy) is 1. The van der Waals surface area contributed by atoms with Gasteiger partial charge in [0.25, 0.3) is 12.0 Å². The molecule has 0 aliphatic carbocycles. The molecule has 1 rings (SSSR count). The van der Waals surface area contributed by atoms with Gasteiger partial charge in [0.2, 0.25) is 0 Å². The summed E-state index contributed by atoms with van der Waals surface area (Å²) in [5.74, 6) is -1.25. The highest BCUT2D eigenvalue weighted by Crippen LogP contribution is 2.32. The van der Waals surface area contributed by atoms with Crippen LogP contribution in [-0.4, -0.2) is 17.2 Å². The van der Waals surface area contributed by atoms with E-state index in [9.17, 15) is 13.6 Å². The standard InChI is InChI=1S/C7H7F2NO3/c1-13-3-2-10-7(12)5(11)4(3)6(8)9/h2,6,11H,1H3,(H,10,12). The zero-order valence-corrected chi connectivity index (χ0v) is 6.67. The number of halogens is 2. The number of H-pyrrole nitrogens is 1. The zero-order chi connectivity index (χ0) is 10.0. The van der Waals surface area contributed by atoms with Crippen LogP contribution in [-0.2, 0) is 0 Å². The molecular weight excluding hydrogens is 184 g/mol. The number of aromatic nitrogens is 1. The van der Waals surface area contributed by atoms with E-state index in [0.29, 0.717) is 0 Å². The average Bonchev–Trinajstić information content (AvgIpc) is 2.08. The summed E-state index contributed by atoms with van der Waals surface area (Å²) < 4.78 is 29.1. The van der Waals surface area contributed by atoms with Crippen LogP contribution in [0.25, 0.3) is 0 Å². The lowest BCUT2D eigenvalue weighted by molar-refractivity contribution is 0.142. The van der Waals surface area contributed by atoms with Crippen molar-refractivity contribution in [3.8, 4) is 11.5 Å². The first-order valence-corrected chi connectivity index (χ1v) is 3.34. The Labute approximate surface area is 71.8 Å². The summed E-state index contributed by atoms with van der Waals surface area (Å²) in [5, 5.41) is 8.98. The summed E-state index contributed by atoms with van der Waals surface area (Å²) in [4.78, 5) is 12.8. The molecule has 1 heterocycles. The van der Waals surface area contributed by atoms with Gasteiger partial charge < -0.3 is 14.8 Å². The molecule has 4 nitrogen and oxygen atoms in total. The third-order valence-electron chi connectivity index (χ3n) is 1.51. The van der Waals surface area contributed by atoms with E-state index in [2.05, 4.69) is 9.72 Å². The maximum atomic E-state index is 12.3. The highest BCUT2D eigenvalue weighted by atomic mass is 19.3. The van der Waals surface area contributed by atoms with Crippen molar-refractivity contribution in [1.82, 2.24) is 4.98 Å². The van der Waals surface area contributed by atoms with Crippen molar-refractivity contribution < 1.29 is 18.6 Å². The second-order valence-corrected chi connectivity index (χ2v) is 2.25. The van der Waals surface area contributed by atoms with E-state index in [1.54, 1.807) is 0 Å². The Morgan fingerprint density at radius 1 is 1.62 bits per heavy atom. The molecular formula is C7H7F2NO3. The van der Waals surface area contributed by atoms with E-state index in [4.69, 9.17) is 5.11 Å². The van der Waals surface area contributed by atoms with E-state index >= 15 is 0 Å². The van der Waals surface area contributed by atoms with Crippen molar-refractivity contribution in [3.63, 3.8) is 0 Å². The van der Waals surface area contributed by atoms with Gasteiger partial charge in [-0.25, -0.2) is 8.78 Å². The molecule has 2 N–H and O–H groups in total. The topological polar surface area (TPSA) is 62.3 Å². The second kappa shape index (κ2) is 3.42. The van der Waals surface area contributed by atoms with E-state index in [-0.39, 0.29) is 5.75 Å². The van der Waals surface area contributed by atoms with Crippen LogP contribution in [0.5, 0.6) is 11.5 Å². The fourth-order valence-corrected chi connectivity index (χ4v) is 0.896. The summed E-state index contributed by atoms with van der Waals surface area (Å²) in [5.41, 5.74) is -1.75. The number of aromatic hydroxyl groups is 1. The predicted molar refractivity (Wildman–Crippen MR) is 40.2 cm³/mol. The van der Waals surface area contributed by atoms with Gasteiger partial charge in [0.15, 0.2) is 5.75 Å². The largest absolute Gasteiger partial charge is 0.503 e. The van der Waals surface area contributed by atoms with Crippen molar-refractivity contribution in [2.45, 2.75) is 6.43 Å². The van der Waals surface area contributed by atoms with Gasteiger partial charge in [-0.3, -0.25) is 4.79 Å². The minimum Gasteiger partial charge on any atom is -0.503 e. The molecule has 0 unspecified atom stereocenters. The summed E-state index contributed by atoms with van der Waals surface area (Å²) in [6.07, 6.45) is -1.97. The lowest BCUT2D eigenvalue weighted by Gasteiger charge is -2.07. The second-order valence-electron chi connectivity index (χ2n) is 2.25. The molecule has 0 spiro atoms. The van der Waals surface area contributed by atoms with Crippen LogP contribution in [0.4, 0.5) is 8.78 Å². The first-order chi connectivity index (χ1) is 6.07. The molecule has 13 heavy (non-hydrogen) atoms. The molecule has 0 atom stereocenters. The van der Waals surface area contributed by atoms with Gasteiger partial charge in [-0.05, 0) is 0 Å². The predicted octanol–water partition coefficient (Wildman–Crippen LogP) is 1.03. The Bertz CT molecular complexity index is 361. The summed E-state index contributed by atoms with van der Waals surface area (Å²) >= 11 is 0. The van der Waals surface area contributed by atoms with Crippen LogP contribution in [0.2, 0.25) is 0 Å². The lowest BCUT2D eigenvalue weighted by Crippen LogP contribution is -2.08. The molecule has 0 fully saturated rings. The number of rotatable bonds is 2. The van der Waals surface area contributed by atoms with Gasteiger partial charge in [0.1, 0.15) is 11.3 Å². The molecule has 0 amide bonds. The molecule has 0 aromatic carbocycles. The van der Waals surface area contributed by atoms with Gasteiger partial charge in [-0.1, -0.05) is 0 Å². The lowest BCUT2D eigenvalue weighted by atomic mass is 10.2. The van der Waals surface area contributed by atoms with Crippen LogP contribution in [0.3, 0.4) is 0 Å². The number of nitrogens with one attached hydrogen (secondary N) is 1. The third kappa shape index (κ3) is 1.61. The first kappa shape index (κ1) is 9.50. The third-order valence-corrected chi connectivity index (χ3v) is 1.51. The average molecular weight is 191 g/mol. The van der Waals surface area contributed by atoms with Crippen LogP contribution in [0.15, 0.2) is 11.0 Å². The molecule has 1 aromatic heterocycles. The van der Waals surface area contributed by atoms with Crippen LogP contribution >= 0.6 is 0 Å². The molecule has 0 saturated carbocycles. The smallest absolute Gasteiger partial charge is 0.290 e. The number of pyridine rings is 1. The Balaban J connectivity index is 3.41. The zero-order valence-electron chi connectivity index (χ0n) is 6.67. The number of methoxy groups -OCH3 is 1. The SMILES string of the molecule is COc1c[nH]c(=O)c(O)c1C(F)F. The quantitative estimate of drug-likeness (QED) is 0.733. The van der Waals surface area contributed by atoms with Gasteiger partial charge in [-0.2, -0.15) is 0 Å². The number of hydrogen-bond donors (Lipinski definition) is 2. The van der Waals surface area contributed by atoms with Gasteiger partial charge in [0.05, 0.1) is 7.11 Å².